The molecule has 0 radical (unpaired) electrons. The second-order valence-corrected chi connectivity index (χ2v) is 7.02. The molecule has 0 unspecified atom stereocenters. The van der Waals surface area contributed by atoms with Gasteiger partial charge in [0.25, 0.3) is 0 Å². The van der Waals surface area contributed by atoms with Gasteiger partial charge in [-0.1, -0.05) is 18.2 Å². The molecule has 0 saturated carbocycles. The molecule has 24 heavy (non-hydrogen) atoms. The number of fused-ring (bicyclic) bond motifs is 1. The number of carboxylic acid groups (broad SMARTS) is 1. The van der Waals surface area contributed by atoms with Crippen molar-refractivity contribution in [1.82, 2.24) is 4.57 Å². The van der Waals surface area contributed by atoms with E-state index in [2.05, 4.69) is 0 Å². The average molecular weight is 332 g/mol. The van der Waals surface area contributed by atoms with Gasteiger partial charge in [-0.25, -0.2) is 4.79 Å². The molecule has 0 aliphatic carbocycles. The molecular formula is C18H24N2O4. The molecule has 1 aromatic carbocycles. The number of aromatic carboxylic acids is 1. The molecule has 2 atom stereocenters. The molecule has 1 aromatic heterocycles. The predicted octanol–water partition coefficient (Wildman–Crippen LogP) is 2.88. The number of esters is 1. The smallest absolute Gasteiger partial charge is 0.352 e. The van der Waals surface area contributed by atoms with Gasteiger partial charge < -0.3 is 20.1 Å². The maximum Gasteiger partial charge on any atom is 0.352 e. The molecular weight excluding hydrogens is 308 g/mol. The van der Waals surface area contributed by atoms with Crippen LogP contribution in [0.25, 0.3) is 10.9 Å². The Morgan fingerprint density at radius 1 is 1.29 bits per heavy atom. The van der Waals surface area contributed by atoms with Crippen LogP contribution in [0, 0.1) is 6.92 Å². The minimum absolute atomic E-state index is 0.103. The van der Waals surface area contributed by atoms with E-state index in [1.54, 1.807) is 38.3 Å². The molecule has 6 heteroatoms. The Morgan fingerprint density at radius 2 is 1.92 bits per heavy atom. The van der Waals surface area contributed by atoms with E-state index < -0.39 is 29.6 Å². The Kier molecular flexibility index (Phi) is 4.71. The van der Waals surface area contributed by atoms with Crippen molar-refractivity contribution in [3.8, 4) is 0 Å². The van der Waals surface area contributed by atoms with Crippen LogP contribution in [0.2, 0.25) is 0 Å². The van der Waals surface area contributed by atoms with E-state index in [4.69, 9.17) is 10.5 Å². The quantitative estimate of drug-likeness (QED) is 0.840. The molecule has 0 spiro atoms. The number of benzene rings is 1. The van der Waals surface area contributed by atoms with E-state index in [1.807, 2.05) is 25.1 Å². The van der Waals surface area contributed by atoms with Crippen LogP contribution < -0.4 is 5.73 Å². The van der Waals surface area contributed by atoms with Crippen molar-refractivity contribution in [3.63, 3.8) is 0 Å². The summed E-state index contributed by atoms with van der Waals surface area (Å²) < 4.78 is 6.95. The largest absolute Gasteiger partial charge is 0.477 e. The number of para-hydroxylation sites is 1. The van der Waals surface area contributed by atoms with Crippen LogP contribution in [0.4, 0.5) is 0 Å². The summed E-state index contributed by atoms with van der Waals surface area (Å²) in [6, 6.07) is 5.67. The standard InChI is InChI=1S/C18H24N2O4/c1-10-7-6-8-12-9-13(16(21)22)20(15(10)12)11(2)14(19)17(23)24-18(3,4)5/h6-9,11,14H,19H2,1-5H3,(H,21,22)/t11-,14-/m1/s1. The van der Waals surface area contributed by atoms with Crippen LogP contribution in [0.3, 0.4) is 0 Å². The summed E-state index contributed by atoms with van der Waals surface area (Å²) in [6.45, 7) is 8.92. The summed E-state index contributed by atoms with van der Waals surface area (Å²) in [5, 5.41) is 10.3. The van der Waals surface area contributed by atoms with Crippen molar-refractivity contribution in [2.75, 3.05) is 0 Å². The number of nitrogens with zero attached hydrogens (tertiary/aromatic N) is 1. The minimum Gasteiger partial charge on any atom is -0.477 e. The van der Waals surface area contributed by atoms with Gasteiger partial charge in [0.2, 0.25) is 0 Å². The zero-order chi connectivity index (χ0) is 18.2. The lowest BCUT2D eigenvalue weighted by atomic mass is 10.1. The first-order chi connectivity index (χ1) is 11.0. The number of nitrogens with two attached hydrogens (primary N) is 1. The number of carbonyl (C=O) groups excluding carboxylic acids is 1. The fraction of sp³-hybridized carbons (Fsp3) is 0.444. The zero-order valence-corrected chi connectivity index (χ0v) is 14.7. The second kappa shape index (κ2) is 6.28. The van der Waals surface area contributed by atoms with E-state index in [1.165, 1.54) is 0 Å². The van der Waals surface area contributed by atoms with Gasteiger partial charge in [0.05, 0.1) is 11.6 Å². The van der Waals surface area contributed by atoms with E-state index in [9.17, 15) is 14.7 Å². The summed E-state index contributed by atoms with van der Waals surface area (Å²) in [6.07, 6.45) is 0. The predicted molar refractivity (Wildman–Crippen MR) is 92.2 cm³/mol. The Bertz CT molecular complexity index is 786. The number of carboxylic acids is 1. The Hall–Kier alpha value is -2.34. The van der Waals surface area contributed by atoms with Gasteiger partial charge >= 0.3 is 11.9 Å². The molecule has 2 aromatic rings. The van der Waals surface area contributed by atoms with Crippen LogP contribution in [0.15, 0.2) is 24.3 Å². The maximum absolute atomic E-state index is 12.3. The average Bonchev–Trinajstić information content (AvgIpc) is 2.85. The fourth-order valence-corrected chi connectivity index (χ4v) is 2.78. The number of ether oxygens (including phenoxy) is 1. The normalized spacial score (nSPS) is 14.4. The third kappa shape index (κ3) is 3.43. The van der Waals surface area contributed by atoms with E-state index >= 15 is 0 Å². The van der Waals surface area contributed by atoms with Crippen molar-refractivity contribution < 1.29 is 19.4 Å². The monoisotopic (exact) mass is 332 g/mol. The molecule has 0 amide bonds. The molecule has 0 aliphatic rings. The third-order valence-corrected chi connectivity index (χ3v) is 3.89. The first kappa shape index (κ1) is 18.0. The van der Waals surface area contributed by atoms with Crippen LogP contribution >= 0.6 is 0 Å². The minimum atomic E-state index is -1.06. The molecule has 0 fully saturated rings. The third-order valence-electron chi connectivity index (χ3n) is 3.89. The van der Waals surface area contributed by atoms with E-state index in [0.29, 0.717) is 0 Å². The van der Waals surface area contributed by atoms with Gasteiger partial charge in [-0.2, -0.15) is 0 Å². The highest BCUT2D eigenvalue weighted by Gasteiger charge is 2.30. The van der Waals surface area contributed by atoms with Crippen LogP contribution in [-0.4, -0.2) is 33.3 Å². The van der Waals surface area contributed by atoms with Crippen LogP contribution in [-0.2, 0) is 9.53 Å². The van der Waals surface area contributed by atoms with E-state index in [0.717, 1.165) is 16.5 Å². The van der Waals surface area contributed by atoms with Gasteiger partial charge in [-0.15, -0.1) is 0 Å². The molecule has 3 N–H and O–H groups in total. The number of hydrogen-bond donors (Lipinski definition) is 2. The Balaban J connectivity index is 2.52. The molecule has 1 heterocycles. The van der Waals surface area contributed by atoms with Crippen LogP contribution in [0.5, 0.6) is 0 Å². The maximum atomic E-state index is 12.3. The summed E-state index contributed by atoms with van der Waals surface area (Å²) in [5.74, 6) is -1.62. The number of rotatable bonds is 4. The summed E-state index contributed by atoms with van der Waals surface area (Å²) in [5.41, 5.74) is 7.21. The van der Waals surface area contributed by atoms with Crippen molar-refractivity contribution in [2.45, 2.75) is 52.3 Å². The SMILES string of the molecule is Cc1cccc2cc(C(=O)O)n([C@H](C)[C@@H](N)C(=O)OC(C)(C)C)c12. The van der Waals surface area contributed by atoms with Crippen molar-refractivity contribution in [3.05, 3.63) is 35.5 Å². The first-order valence-electron chi connectivity index (χ1n) is 7.85. The molecule has 6 nitrogen and oxygen atoms in total. The molecule has 130 valence electrons. The zero-order valence-electron chi connectivity index (χ0n) is 14.7. The highest BCUT2D eigenvalue weighted by atomic mass is 16.6. The lowest BCUT2D eigenvalue weighted by Crippen LogP contribution is -2.43. The molecule has 0 saturated heterocycles. The highest BCUT2D eigenvalue weighted by Crippen LogP contribution is 2.28. The number of aromatic nitrogens is 1. The lowest BCUT2D eigenvalue weighted by molar-refractivity contribution is -0.157. The number of carbonyl (C=O) groups is 2. The number of aryl methyl sites for hydroxylation is 1. The van der Waals surface area contributed by atoms with Crippen molar-refractivity contribution in [1.29, 1.82) is 0 Å². The fourth-order valence-electron chi connectivity index (χ4n) is 2.78. The molecule has 0 aliphatic heterocycles. The highest BCUT2D eigenvalue weighted by molar-refractivity contribution is 5.96. The first-order valence-corrected chi connectivity index (χ1v) is 7.85. The summed E-state index contributed by atoms with van der Waals surface area (Å²) >= 11 is 0. The summed E-state index contributed by atoms with van der Waals surface area (Å²) in [7, 11) is 0. The van der Waals surface area contributed by atoms with Gasteiger partial charge in [0, 0.05) is 5.39 Å². The second-order valence-electron chi connectivity index (χ2n) is 7.02. The lowest BCUT2D eigenvalue weighted by Gasteiger charge is -2.27. The van der Waals surface area contributed by atoms with Gasteiger partial charge in [0.15, 0.2) is 0 Å². The van der Waals surface area contributed by atoms with Crippen molar-refractivity contribution in [2.24, 2.45) is 5.73 Å². The van der Waals surface area contributed by atoms with Gasteiger partial charge in [-0.3, -0.25) is 4.79 Å². The Labute approximate surface area is 141 Å². The topological polar surface area (TPSA) is 94.5 Å². The van der Waals surface area contributed by atoms with Crippen LogP contribution in [0.1, 0.15) is 49.8 Å². The summed E-state index contributed by atoms with van der Waals surface area (Å²) in [4.78, 5) is 23.9. The van der Waals surface area contributed by atoms with Gasteiger partial charge in [0.1, 0.15) is 17.3 Å². The van der Waals surface area contributed by atoms with E-state index in [-0.39, 0.29) is 5.69 Å². The van der Waals surface area contributed by atoms with Crippen molar-refractivity contribution >= 4 is 22.8 Å². The number of hydrogen-bond acceptors (Lipinski definition) is 4. The molecule has 0 bridgehead atoms. The Morgan fingerprint density at radius 3 is 2.46 bits per heavy atom. The van der Waals surface area contributed by atoms with Gasteiger partial charge in [-0.05, 0) is 46.2 Å². The molecule has 2 rings (SSSR count).